The Bertz CT molecular complexity index is 1180. The third-order valence-electron chi connectivity index (χ3n) is 6.05. The fourth-order valence-electron chi connectivity index (χ4n) is 4.25. The standard InChI is InChI=1S/C25H24Cl2FN3O3S/c26-20-21(30-35-23(20)27)25(34)31(14-15-6-10-17(28)11-7-15)22(16-8-12-19(32)13-9-16)24(33)29-18-4-2-1-3-5-18/h6-13,18,22,32H,1-5,14H2,(H,29,33)/t22-/m1/s1. The fraction of sp³-hybridized carbons (Fsp3) is 0.320. The lowest BCUT2D eigenvalue weighted by Gasteiger charge is -2.33. The van der Waals surface area contributed by atoms with Gasteiger partial charge in [0.05, 0.1) is 0 Å². The van der Waals surface area contributed by atoms with Crippen LogP contribution in [0, 0.1) is 5.82 Å². The lowest BCUT2D eigenvalue weighted by atomic mass is 9.94. The molecule has 2 amide bonds. The van der Waals surface area contributed by atoms with Crippen LogP contribution >= 0.6 is 34.7 Å². The third kappa shape index (κ3) is 6.12. The van der Waals surface area contributed by atoms with E-state index < -0.39 is 17.8 Å². The van der Waals surface area contributed by atoms with Crippen molar-refractivity contribution in [1.82, 2.24) is 14.6 Å². The molecule has 0 radical (unpaired) electrons. The molecular formula is C25H24Cl2FN3O3S. The topological polar surface area (TPSA) is 82.5 Å². The van der Waals surface area contributed by atoms with Gasteiger partial charge in [-0.2, -0.15) is 4.37 Å². The van der Waals surface area contributed by atoms with Crippen LogP contribution in [0.5, 0.6) is 5.75 Å². The molecule has 6 nitrogen and oxygen atoms in total. The smallest absolute Gasteiger partial charge is 0.276 e. The van der Waals surface area contributed by atoms with E-state index in [0.717, 1.165) is 43.6 Å². The van der Waals surface area contributed by atoms with Crippen molar-refractivity contribution in [2.45, 2.75) is 50.7 Å². The van der Waals surface area contributed by atoms with E-state index in [1.54, 1.807) is 24.3 Å². The normalized spacial score (nSPS) is 14.9. The molecule has 10 heteroatoms. The van der Waals surface area contributed by atoms with Crippen LogP contribution in [0.15, 0.2) is 48.5 Å². The molecule has 1 aliphatic rings. The largest absolute Gasteiger partial charge is 0.508 e. The van der Waals surface area contributed by atoms with Crippen LogP contribution in [0.1, 0.15) is 59.8 Å². The van der Waals surface area contributed by atoms with Gasteiger partial charge < -0.3 is 15.3 Å². The fourth-order valence-corrected chi connectivity index (χ4v) is 5.24. The lowest BCUT2D eigenvalue weighted by molar-refractivity contribution is -0.127. The van der Waals surface area contributed by atoms with Gasteiger partial charge in [0.25, 0.3) is 5.91 Å². The van der Waals surface area contributed by atoms with Gasteiger partial charge in [0.1, 0.15) is 27.0 Å². The zero-order valence-corrected chi connectivity index (χ0v) is 21.0. The number of amides is 2. The second-order valence-corrected chi connectivity index (χ2v) is 10.3. The minimum absolute atomic E-state index is 0.00574. The Hall–Kier alpha value is -2.68. The monoisotopic (exact) mass is 535 g/mol. The molecule has 0 saturated heterocycles. The van der Waals surface area contributed by atoms with Crippen LogP contribution in [0.25, 0.3) is 0 Å². The number of benzene rings is 2. The van der Waals surface area contributed by atoms with Crippen LogP contribution in [0.3, 0.4) is 0 Å². The highest BCUT2D eigenvalue weighted by Crippen LogP contribution is 2.34. The van der Waals surface area contributed by atoms with Crippen molar-refractivity contribution in [3.05, 3.63) is 80.5 Å². The number of nitrogens with zero attached hydrogens (tertiary/aromatic N) is 2. The predicted octanol–water partition coefficient (Wildman–Crippen LogP) is 6.13. The number of rotatable bonds is 7. The summed E-state index contributed by atoms with van der Waals surface area (Å²) < 4.78 is 17.8. The molecule has 1 atom stereocenters. The van der Waals surface area contributed by atoms with Crippen molar-refractivity contribution in [2.75, 3.05) is 0 Å². The highest BCUT2D eigenvalue weighted by atomic mass is 35.5. The van der Waals surface area contributed by atoms with Crippen molar-refractivity contribution in [1.29, 1.82) is 0 Å². The molecule has 0 spiro atoms. The Morgan fingerprint density at radius 1 is 1.09 bits per heavy atom. The Morgan fingerprint density at radius 2 is 1.74 bits per heavy atom. The van der Waals surface area contributed by atoms with E-state index in [-0.39, 0.29) is 39.3 Å². The molecule has 2 aromatic carbocycles. The zero-order chi connectivity index (χ0) is 24.9. The number of aromatic nitrogens is 1. The summed E-state index contributed by atoms with van der Waals surface area (Å²) in [4.78, 5) is 28.8. The molecule has 1 heterocycles. The number of phenolic OH excluding ortho intramolecular Hbond substituents is 1. The van der Waals surface area contributed by atoms with Crippen molar-refractivity contribution in [3.8, 4) is 5.75 Å². The minimum Gasteiger partial charge on any atom is -0.508 e. The molecular weight excluding hydrogens is 512 g/mol. The molecule has 1 aliphatic carbocycles. The van der Waals surface area contributed by atoms with Gasteiger partial charge in [0.2, 0.25) is 5.91 Å². The number of carbonyl (C=O) groups is 2. The van der Waals surface area contributed by atoms with Crippen LogP contribution in [-0.2, 0) is 11.3 Å². The maximum absolute atomic E-state index is 13.8. The average molecular weight is 536 g/mol. The summed E-state index contributed by atoms with van der Waals surface area (Å²) in [7, 11) is 0. The maximum Gasteiger partial charge on any atom is 0.276 e. The zero-order valence-electron chi connectivity index (χ0n) is 18.7. The van der Waals surface area contributed by atoms with E-state index >= 15 is 0 Å². The SMILES string of the molecule is O=C(NC1CCCCC1)[C@@H](c1ccc(O)cc1)N(Cc1ccc(F)cc1)C(=O)c1nsc(Cl)c1Cl. The molecule has 1 fully saturated rings. The number of phenols is 1. The number of hydrogen-bond acceptors (Lipinski definition) is 5. The molecule has 3 aromatic rings. The molecule has 1 saturated carbocycles. The Balaban J connectivity index is 1.76. The van der Waals surface area contributed by atoms with Gasteiger partial charge in [0.15, 0.2) is 5.69 Å². The maximum atomic E-state index is 13.8. The van der Waals surface area contributed by atoms with Gasteiger partial charge >= 0.3 is 0 Å². The second-order valence-electron chi connectivity index (χ2n) is 8.52. The third-order valence-corrected chi connectivity index (χ3v) is 7.66. The van der Waals surface area contributed by atoms with E-state index in [2.05, 4.69) is 9.69 Å². The summed E-state index contributed by atoms with van der Waals surface area (Å²) >= 11 is 13.2. The van der Waals surface area contributed by atoms with Crippen molar-refractivity contribution < 1.29 is 19.1 Å². The van der Waals surface area contributed by atoms with E-state index in [9.17, 15) is 19.1 Å². The summed E-state index contributed by atoms with van der Waals surface area (Å²) in [6, 6.07) is 10.8. The van der Waals surface area contributed by atoms with Gasteiger partial charge in [-0.3, -0.25) is 9.59 Å². The van der Waals surface area contributed by atoms with Gasteiger partial charge in [-0.25, -0.2) is 4.39 Å². The quantitative estimate of drug-likeness (QED) is 0.381. The van der Waals surface area contributed by atoms with E-state index in [1.165, 1.54) is 29.2 Å². The Morgan fingerprint density at radius 3 is 2.34 bits per heavy atom. The molecule has 1 aromatic heterocycles. The van der Waals surface area contributed by atoms with Gasteiger partial charge in [-0.1, -0.05) is 66.7 Å². The molecule has 4 rings (SSSR count). The molecule has 184 valence electrons. The first-order chi connectivity index (χ1) is 16.8. The first kappa shape index (κ1) is 25.4. The highest BCUT2D eigenvalue weighted by Gasteiger charge is 2.35. The van der Waals surface area contributed by atoms with E-state index in [4.69, 9.17) is 23.2 Å². The Kier molecular flexibility index (Phi) is 8.26. The number of aromatic hydroxyl groups is 1. The minimum atomic E-state index is -1.05. The van der Waals surface area contributed by atoms with Gasteiger partial charge in [-0.15, -0.1) is 0 Å². The summed E-state index contributed by atoms with van der Waals surface area (Å²) in [5.74, 6) is -1.31. The van der Waals surface area contributed by atoms with Crippen molar-refractivity contribution in [3.63, 3.8) is 0 Å². The second kappa shape index (κ2) is 11.4. The van der Waals surface area contributed by atoms with Gasteiger partial charge in [0, 0.05) is 12.6 Å². The van der Waals surface area contributed by atoms with Crippen molar-refractivity contribution >= 4 is 46.5 Å². The molecule has 0 unspecified atom stereocenters. The summed E-state index contributed by atoms with van der Waals surface area (Å²) in [5, 5.41) is 12.9. The first-order valence-corrected chi connectivity index (χ1v) is 12.8. The van der Waals surface area contributed by atoms with E-state index in [0.29, 0.717) is 11.1 Å². The van der Waals surface area contributed by atoms with E-state index in [1.807, 2.05) is 0 Å². The molecule has 35 heavy (non-hydrogen) atoms. The molecule has 0 bridgehead atoms. The lowest BCUT2D eigenvalue weighted by Crippen LogP contribution is -2.47. The molecule has 0 aliphatic heterocycles. The summed E-state index contributed by atoms with van der Waals surface area (Å²) in [6.07, 6.45) is 4.92. The van der Waals surface area contributed by atoms with Gasteiger partial charge in [-0.05, 0) is 59.8 Å². The summed E-state index contributed by atoms with van der Waals surface area (Å²) in [6.45, 7) is -0.00574. The van der Waals surface area contributed by atoms with Crippen LogP contribution in [0.2, 0.25) is 9.36 Å². The highest BCUT2D eigenvalue weighted by molar-refractivity contribution is 7.11. The number of nitrogens with one attached hydrogen (secondary N) is 1. The predicted molar refractivity (Wildman–Crippen MR) is 134 cm³/mol. The summed E-state index contributed by atoms with van der Waals surface area (Å²) in [5.41, 5.74) is 1.06. The number of hydrogen-bond donors (Lipinski definition) is 2. The van der Waals surface area contributed by atoms with Crippen LogP contribution in [-0.4, -0.2) is 32.2 Å². The van der Waals surface area contributed by atoms with Crippen molar-refractivity contribution in [2.24, 2.45) is 0 Å². The first-order valence-electron chi connectivity index (χ1n) is 11.3. The number of carbonyl (C=O) groups excluding carboxylic acids is 2. The molecule has 2 N–H and O–H groups in total. The number of halogens is 3. The average Bonchev–Trinajstić information content (AvgIpc) is 3.19. The van der Waals surface area contributed by atoms with Crippen LogP contribution < -0.4 is 5.32 Å². The van der Waals surface area contributed by atoms with Crippen LogP contribution in [0.4, 0.5) is 4.39 Å². The Labute approximate surface area is 216 Å².